The lowest BCUT2D eigenvalue weighted by molar-refractivity contribution is -0.138. The molecule has 0 saturated carbocycles. The molecule has 1 amide bonds. The molecule has 21 heavy (non-hydrogen) atoms. The Kier molecular flexibility index (Phi) is 5.03. The Labute approximate surface area is 124 Å². The molecule has 1 aliphatic rings. The fraction of sp³-hybridized carbons (Fsp3) is 0.692. The monoisotopic (exact) mass is 319 g/mol. The van der Waals surface area contributed by atoms with Gasteiger partial charge in [-0.05, 0) is 27.7 Å². The minimum absolute atomic E-state index is 0.0217. The maximum atomic E-state index is 12.4. The number of amides is 1. The second-order valence-electron chi connectivity index (χ2n) is 5.79. The quantitative estimate of drug-likeness (QED) is 0.461. The Morgan fingerprint density at radius 1 is 1.48 bits per heavy atom. The number of hydrogen-bond donors (Lipinski definition) is 1. The molecule has 0 aromatic carbocycles. The average molecular weight is 319 g/mol. The number of rotatable bonds is 5. The van der Waals surface area contributed by atoms with Crippen LogP contribution < -0.4 is 5.32 Å². The molecule has 2 unspecified atom stereocenters. The summed E-state index contributed by atoms with van der Waals surface area (Å²) < 4.78 is 33.3. The predicted octanol–water partition coefficient (Wildman–Crippen LogP) is 0.999. The Morgan fingerprint density at radius 2 is 2.05 bits per heavy atom. The topological polar surface area (TPSA) is 98.8 Å². The van der Waals surface area contributed by atoms with E-state index in [0.717, 1.165) is 0 Å². The molecule has 0 aliphatic carbocycles. The number of carbonyl (C=O) groups excluding carboxylic acids is 2. The van der Waals surface area contributed by atoms with Crippen molar-refractivity contribution < 1.29 is 27.5 Å². The van der Waals surface area contributed by atoms with Gasteiger partial charge < -0.3 is 14.8 Å². The van der Waals surface area contributed by atoms with Crippen molar-refractivity contribution in [2.24, 2.45) is 5.92 Å². The standard InChI is InChI=1S/C13H21NO6S/c1-6-7-19-12(16)20-8(2)9-10(15)14-11(9)21(17,18)13(3,4)5/h6,8-9,11H,1,7H2,2-5H3,(H,14,15)/t8-,9?,11?/m1/s1. The van der Waals surface area contributed by atoms with E-state index in [4.69, 9.17) is 4.74 Å². The van der Waals surface area contributed by atoms with Crippen LogP contribution in [0, 0.1) is 5.92 Å². The van der Waals surface area contributed by atoms with Crippen LogP contribution in [-0.4, -0.2) is 43.3 Å². The van der Waals surface area contributed by atoms with Crippen LogP contribution in [0.4, 0.5) is 4.79 Å². The Hall–Kier alpha value is -1.57. The van der Waals surface area contributed by atoms with E-state index in [9.17, 15) is 18.0 Å². The average Bonchev–Trinajstić information content (AvgIpc) is 2.31. The van der Waals surface area contributed by atoms with Crippen molar-refractivity contribution in [3.8, 4) is 0 Å². The van der Waals surface area contributed by atoms with Gasteiger partial charge in [0.1, 0.15) is 24.0 Å². The van der Waals surface area contributed by atoms with Gasteiger partial charge in [0.25, 0.3) is 0 Å². The van der Waals surface area contributed by atoms with E-state index in [1.54, 1.807) is 20.8 Å². The van der Waals surface area contributed by atoms with Gasteiger partial charge in [0, 0.05) is 0 Å². The molecular formula is C13H21NO6S. The Morgan fingerprint density at radius 3 is 2.48 bits per heavy atom. The molecule has 120 valence electrons. The summed E-state index contributed by atoms with van der Waals surface area (Å²) >= 11 is 0. The first-order valence-electron chi connectivity index (χ1n) is 6.50. The van der Waals surface area contributed by atoms with Crippen molar-refractivity contribution in [1.82, 2.24) is 5.32 Å². The van der Waals surface area contributed by atoms with Crippen LogP contribution in [0.15, 0.2) is 12.7 Å². The zero-order valence-corrected chi connectivity index (χ0v) is 13.4. The first-order chi connectivity index (χ1) is 9.52. The fourth-order valence-corrected chi connectivity index (χ4v) is 3.63. The molecule has 7 nitrogen and oxygen atoms in total. The lowest BCUT2D eigenvalue weighted by Gasteiger charge is -2.41. The zero-order chi connectivity index (χ0) is 16.4. The zero-order valence-electron chi connectivity index (χ0n) is 12.6. The molecule has 1 saturated heterocycles. The lowest BCUT2D eigenvalue weighted by atomic mass is 9.96. The largest absolute Gasteiger partial charge is 0.508 e. The number of carbonyl (C=O) groups is 2. The van der Waals surface area contributed by atoms with Crippen molar-refractivity contribution >= 4 is 21.9 Å². The van der Waals surface area contributed by atoms with Gasteiger partial charge in [0.2, 0.25) is 5.91 Å². The van der Waals surface area contributed by atoms with Crippen LogP contribution in [-0.2, 0) is 24.1 Å². The van der Waals surface area contributed by atoms with Crippen LogP contribution in [0.1, 0.15) is 27.7 Å². The number of hydrogen-bond acceptors (Lipinski definition) is 6. The molecule has 8 heteroatoms. The summed E-state index contributed by atoms with van der Waals surface area (Å²) in [5, 5.41) is 1.30. The minimum Gasteiger partial charge on any atom is -0.430 e. The highest BCUT2D eigenvalue weighted by Crippen LogP contribution is 2.32. The van der Waals surface area contributed by atoms with E-state index in [0.29, 0.717) is 0 Å². The molecule has 0 spiro atoms. The minimum atomic E-state index is -3.60. The summed E-state index contributed by atoms with van der Waals surface area (Å²) in [6, 6.07) is 0. The van der Waals surface area contributed by atoms with Crippen molar-refractivity contribution in [3.05, 3.63) is 12.7 Å². The van der Waals surface area contributed by atoms with E-state index >= 15 is 0 Å². The third-order valence-electron chi connectivity index (χ3n) is 3.21. The van der Waals surface area contributed by atoms with Crippen LogP contribution >= 0.6 is 0 Å². The van der Waals surface area contributed by atoms with E-state index in [2.05, 4.69) is 16.6 Å². The van der Waals surface area contributed by atoms with Crippen molar-refractivity contribution in [2.75, 3.05) is 6.61 Å². The summed E-state index contributed by atoms with van der Waals surface area (Å²) in [5.74, 6) is -1.40. The van der Waals surface area contributed by atoms with Crippen molar-refractivity contribution in [3.63, 3.8) is 0 Å². The maximum Gasteiger partial charge on any atom is 0.508 e. The van der Waals surface area contributed by atoms with Crippen molar-refractivity contribution in [2.45, 2.75) is 43.9 Å². The van der Waals surface area contributed by atoms with Crippen LogP contribution in [0.5, 0.6) is 0 Å². The summed E-state index contributed by atoms with van der Waals surface area (Å²) in [6.07, 6.45) is -0.498. The lowest BCUT2D eigenvalue weighted by Crippen LogP contribution is -2.67. The van der Waals surface area contributed by atoms with Gasteiger partial charge >= 0.3 is 6.16 Å². The van der Waals surface area contributed by atoms with Gasteiger partial charge in [-0.3, -0.25) is 4.79 Å². The summed E-state index contributed by atoms with van der Waals surface area (Å²) in [5.41, 5.74) is 0. The number of β-lactam (4-membered cyclic amide) rings is 1. The molecule has 1 rings (SSSR count). The third-order valence-corrected chi connectivity index (χ3v) is 5.99. The van der Waals surface area contributed by atoms with Gasteiger partial charge in [-0.25, -0.2) is 13.2 Å². The maximum absolute atomic E-state index is 12.4. The van der Waals surface area contributed by atoms with Gasteiger partial charge in [0.05, 0.1) is 4.75 Å². The smallest absolute Gasteiger partial charge is 0.430 e. The highest BCUT2D eigenvalue weighted by Gasteiger charge is 2.54. The SMILES string of the molecule is C=CCOC(=O)O[C@H](C)C1C(=O)NC1S(=O)(=O)C(C)(C)C. The fourth-order valence-electron chi connectivity index (χ4n) is 1.86. The number of nitrogens with one attached hydrogen (secondary N) is 1. The van der Waals surface area contributed by atoms with Gasteiger partial charge in [-0.2, -0.15) is 0 Å². The van der Waals surface area contributed by atoms with Crippen LogP contribution in [0.3, 0.4) is 0 Å². The molecule has 0 aromatic rings. The third kappa shape index (κ3) is 3.55. The second kappa shape index (κ2) is 6.05. The van der Waals surface area contributed by atoms with Gasteiger partial charge in [-0.1, -0.05) is 12.7 Å². The van der Waals surface area contributed by atoms with Gasteiger partial charge in [0.15, 0.2) is 9.84 Å². The summed E-state index contributed by atoms with van der Waals surface area (Å²) in [6.45, 7) is 9.47. The highest BCUT2D eigenvalue weighted by molar-refractivity contribution is 7.93. The van der Waals surface area contributed by atoms with E-state index in [1.807, 2.05) is 0 Å². The number of sulfone groups is 1. The molecule has 1 N–H and O–H groups in total. The van der Waals surface area contributed by atoms with Crippen LogP contribution in [0.2, 0.25) is 0 Å². The molecular weight excluding hydrogens is 298 g/mol. The second-order valence-corrected chi connectivity index (χ2v) is 8.61. The van der Waals surface area contributed by atoms with Crippen molar-refractivity contribution in [1.29, 1.82) is 0 Å². The van der Waals surface area contributed by atoms with E-state index in [-0.39, 0.29) is 6.61 Å². The molecule has 0 radical (unpaired) electrons. The van der Waals surface area contributed by atoms with E-state index < -0.39 is 44.0 Å². The highest BCUT2D eigenvalue weighted by atomic mass is 32.2. The predicted molar refractivity (Wildman–Crippen MR) is 76.2 cm³/mol. The number of ether oxygens (including phenoxy) is 2. The Balaban J connectivity index is 2.79. The first-order valence-corrected chi connectivity index (χ1v) is 8.05. The molecule has 3 atom stereocenters. The Bertz CT molecular complexity index is 533. The first kappa shape index (κ1) is 17.5. The molecule has 1 fully saturated rings. The molecule has 0 aromatic heterocycles. The molecule has 1 heterocycles. The summed E-state index contributed by atoms with van der Waals surface area (Å²) in [7, 11) is -3.60. The normalized spacial score (nSPS) is 23.5. The molecule has 1 aliphatic heterocycles. The summed E-state index contributed by atoms with van der Waals surface area (Å²) in [4.78, 5) is 23.0. The molecule has 0 bridgehead atoms. The van der Waals surface area contributed by atoms with Gasteiger partial charge in [-0.15, -0.1) is 0 Å². The van der Waals surface area contributed by atoms with Crippen LogP contribution in [0.25, 0.3) is 0 Å². The van der Waals surface area contributed by atoms with E-state index in [1.165, 1.54) is 13.0 Å².